The zero-order chi connectivity index (χ0) is 30.1. The number of carbonyl (C=O) groups is 4. The smallest absolute Gasteiger partial charge is 0.246 e. The van der Waals surface area contributed by atoms with Gasteiger partial charge in [-0.15, -0.1) is 0 Å². The van der Waals surface area contributed by atoms with Gasteiger partial charge in [0.25, 0.3) is 0 Å². The lowest BCUT2D eigenvalue weighted by Gasteiger charge is -2.28. The van der Waals surface area contributed by atoms with E-state index in [4.69, 9.17) is 14.2 Å². The fourth-order valence-corrected chi connectivity index (χ4v) is 4.65. The second-order valence-electron chi connectivity index (χ2n) is 10.4. The topological polar surface area (TPSA) is 159 Å². The number of morpholine rings is 1. The number of Topliss-reactive ketones (excluding diaryl/α,β-unsaturated/α-hetero) is 1. The van der Waals surface area contributed by atoms with Gasteiger partial charge in [0, 0.05) is 13.1 Å². The van der Waals surface area contributed by atoms with E-state index in [0.29, 0.717) is 37.6 Å². The maximum absolute atomic E-state index is 13.7. The predicted molar refractivity (Wildman–Crippen MR) is 152 cm³/mol. The van der Waals surface area contributed by atoms with E-state index in [0.717, 1.165) is 5.56 Å². The Bertz CT molecular complexity index is 1220. The van der Waals surface area contributed by atoms with Gasteiger partial charge in [-0.05, 0) is 36.6 Å². The highest BCUT2D eigenvalue weighted by atomic mass is 16.6. The number of epoxide rings is 1. The highest BCUT2D eigenvalue weighted by Gasteiger charge is 2.39. The molecule has 2 saturated heterocycles. The Morgan fingerprint density at radius 1 is 0.976 bits per heavy atom. The van der Waals surface area contributed by atoms with Gasteiger partial charge in [0.15, 0.2) is 5.78 Å². The third kappa shape index (κ3) is 8.83. The van der Waals surface area contributed by atoms with Crippen LogP contribution >= 0.6 is 0 Å². The molecule has 0 aliphatic carbocycles. The molecule has 0 spiro atoms. The van der Waals surface area contributed by atoms with Crippen LogP contribution in [0.3, 0.4) is 0 Å². The first-order valence-electron chi connectivity index (χ1n) is 14.0. The van der Waals surface area contributed by atoms with Crippen LogP contribution in [0.5, 0.6) is 5.75 Å². The van der Waals surface area contributed by atoms with E-state index in [1.165, 1.54) is 14.0 Å². The van der Waals surface area contributed by atoms with Gasteiger partial charge in [0.2, 0.25) is 17.7 Å². The van der Waals surface area contributed by atoms with Crippen LogP contribution in [-0.2, 0) is 35.1 Å². The van der Waals surface area contributed by atoms with E-state index < -0.39 is 42.1 Å². The highest BCUT2D eigenvalue weighted by molar-refractivity contribution is 5.97. The summed E-state index contributed by atoms with van der Waals surface area (Å²) >= 11 is 0. The monoisotopic (exact) mass is 582 g/mol. The standard InChI is InChI=1S/C30H38N4O8/c1-19(31-25(35)17-34-12-14-41-15-13-34)29(38)33-26(27(36)21-8-10-22(40-2)11-9-21)30(39)32-23(28(37)24-18-42-24)16-20-6-4-3-5-7-20/h3-11,19,23-24,26-27,36H,12-18H2,1-2H3,(H,31,35)(H,32,39)(H,33,38)/t19-,23-,24+,26-,27-/m0/s1. The Labute approximate surface area is 244 Å². The number of nitrogens with one attached hydrogen (secondary N) is 3. The van der Waals surface area contributed by atoms with Crippen LogP contribution in [0, 0.1) is 0 Å². The molecule has 2 heterocycles. The zero-order valence-electron chi connectivity index (χ0n) is 23.8. The molecule has 2 aromatic carbocycles. The second kappa shape index (κ2) is 14.9. The molecule has 2 aromatic rings. The lowest BCUT2D eigenvalue weighted by atomic mass is 9.97. The molecule has 12 heteroatoms. The molecule has 226 valence electrons. The van der Waals surface area contributed by atoms with Crippen LogP contribution in [0.25, 0.3) is 0 Å². The summed E-state index contributed by atoms with van der Waals surface area (Å²) in [7, 11) is 1.50. The molecule has 0 bridgehead atoms. The van der Waals surface area contributed by atoms with Crippen molar-refractivity contribution in [2.24, 2.45) is 0 Å². The molecular formula is C30H38N4O8. The number of nitrogens with zero attached hydrogens (tertiary/aromatic N) is 1. The van der Waals surface area contributed by atoms with Crippen molar-refractivity contribution in [3.8, 4) is 5.75 Å². The van der Waals surface area contributed by atoms with Crippen molar-refractivity contribution < 1.29 is 38.5 Å². The molecule has 2 aliphatic rings. The summed E-state index contributed by atoms with van der Waals surface area (Å²) in [6, 6.07) is 12.2. The van der Waals surface area contributed by atoms with Crippen molar-refractivity contribution in [1.29, 1.82) is 0 Å². The predicted octanol–water partition coefficient (Wildman–Crippen LogP) is -0.254. The average molecular weight is 583 g/mol. The van der Waals surface area contributed by atoms with Crippen LogP contribution in [0.2, 0.25) is 0 Å². The number of hydrogen-bond donors (Lipinski definition) is 4. The SMILES string of the molecule is COc1ccc([C@H](O)[C@H](NC(=O)[C@H](C)NC(=O)CN2CCOCC2)C(=O)N[C@@H](Cc2ccccc2)C(=O)[C@H]2CO2)cc1. The maximum atomic E-state index is 13.7. The van der Waals surface area contributed by atoms with Crippen LogP contribution in [0.4, 0.5) is 0 Å². The summed E-state index contributed by atoms with van der Waals surface area (Å²) in [6.45, 7) is 4.15. The highest BCUT2D eigenvalue weighted by Crippen LogP contribution is 2.22. The molecule has 5 atom stereocenters. The number of amides is 3. The average Bonchev–Trinajstić information content (AvgIpc) is 3.85. The largest absolute Gasteiger partial charge is 0.497 e. The van der Waals surface area contributed by atoms with Gasteiger partial charge < -0.3 is 35.3 Å². The van der Waals surface area contributed by atoms with E-state index in [2.05, 4.69) is 16.0 Å². The van der Waals surface area contributed by atoms with Crippen molar-refractivity contribution in [3.05, 3.63) is 65.7 Å². The number of aliphatic hydroxyl groups excluding tert-OH is 1. The van der Waals surface area contributed by atoms with Crippen molar-refractivity contribution in [2.45, 2.75) is 43.7 Å². The Morgan fingerprint density at radius 3 is 2.26 bits per heavy atom. The summed E-state index contributed by atoms with van der Waals surface area (Å²) in [5.74, 6) is -1.53. The van der Waals surface area contributed by atoms with Crippen LogP contribution < -0.4 is 20.7 Å². The lowest BCUT2D eigenvalue weighted by Crippen LogP contribution is -2.58. The number of hydrogen-bond acceptors (Lipinski definition) is 9. The molecule has 2 aliphatic heterocycles. The van der Waals surface area contributed by atoms with Gasteiger partial charge in [-0.2, -0.15) is 0 Å². The Hall–Kier alpha value is -3.84. The summed E-state index contributed by atoms with van der Waals surface area (Å²) < 4.78 is 15.6. The van der Waals surface area contributed by atoms with Crippen molar-refractivity contribution in [2.75, 3.05) is 46.6 Å². The van der Waals surface area contributed by atoms with E-state index in [-0.39, 0.29) is 31.3 Å². The quantitative estimate of drug-likeness (QED) is 0.220. The first kappa shape index (κ1) is 31.1. The number of ketones is 1. The van der Waals surface area contributed by atoms with E-state index in [9.17, 15) is 24.3 Å². The summed E-state index contributed by atoms with van der Waals surface area (Å²) in [6.07, 6.45) is -1.88. The Morgan fingerprint density at radius 2 is 1.64 bits per heavy atom. The minimum absolute atomic E-state index is 0.103. The number of rotatable bonds is 14. The molecule has 12 nitrogen and oxygen atoms in total. The number of carbonyl (C=O) groups excluding carboxylic acids is 4. The van der Waals surface area contributed by atoms with Crippen LogP contribution in [-0.4, -0.2) is 104 Å². The van der Waals surface area contributed by atoms with Crippen LogP contribution in [0.1, 0.15) is 24.2 Å². The first-order valence-corrected chi connectivity index (χ1v) is 14.0. The number of methoxy groups -OCH3 is 1. The molecule has 4 rings (SSSR count). The van der Waals surface area contributed by atoms with Crippen molar-refractivity contribution in [3.63, 3.8) is 0 Å². The lowest BCUT2D eigenvalue weighted by molar-refractivity contribution is -0.136. The number of benzene rings is 2. The molecule has 0 aromatic heterocycles. The van der Waals surface area contributed by atoms with Gasteiger partial charge in [-0.3, -0.25) is 24.1 Å². The fourth-order valence-electron chi connectivity index (χ4n) is 4.65. The van der Waals surface area contributed by atoms with Crippen molar-refractivity contribution in [1.82, 2.24) is 20.9 Å². The third-order valence-electron chi connectivity index (χ3n) is 7.19. The Balaban J connectivity index is 1.48. The van der Waals surface area contributed by atoms with Gasteiger partial charge in [0.05, 0.1) is 39.5 Å². The fraction of sp³-hybridized carbons (Fsp3) is 0.467. The summed E-state index contributed by atoms with van der Waals surface area (Å²) in [5, 5.41) is 19.2. The zero-order valence-corrected chi connectivity index (χ0v) is 23.8. The molecule has 4 N–H and O–H groups in total. The molecule has 0 radical (unpaired) electrons. The van der Waals surface area contributed by atoms with Gasteiger partial charge >= 0.3 is 0 Å². The summed E-state index contributed by atoms with van der Waals surface area (Å²) in [5.41, 5.74) is 1.17. The molecule has 3 amide bonds. The van der Waals surface area contributed by atoms with Gasteiger partial charge in [-0.25, -0.2) is 0 Å². The second-order valence-corrected chi connectivity index (χ2v) is 10.4. The normalized spacial score (nSPS) is 19.5. The molecule has 0 unspecified atom stereocenters. The van der Waals surface area contributed by atoms with Crippen LogP contribution in [0.15, 0.2) is 54.6 Å². The van der Waals surface area contributed by atoms with E-state index in [1.807, 2.05) is 35.2 Å². The third-order valence-corrected chi connectivity index (χ3v) is 7.19. The molecular weight excluding hydrogens is 544 g/mol. The molecule has 0 saturated carbocycles. The van der Waals surface area contributed by atoms with E-state index in [1.54, 1.807) is 24.3 Å². The minimum Gasteiger partial charge on any atom is -0.497 e. The number of aliphatic hydroxyl groups is 1. The first-order chi connectivity index (χ1) is 20.2. The van der Waals surface area contributed by atoms with Gasteiger partial charge in [-0.1, -0.05) is 42.5 Å². The number of ether oxygens (including phenoxy) is 3. The van der Waals surface area contributed by atoms with E-state index >= 15 is 0 Å². The minimum atomic E-state index is -1.48. The summed E-state index contributed by atoms with van der Waals surface area (Å²) in [4.78, 5) is 54.4. The van der Waals surface area contributed by atoms with Gasteiger partial charge in [0.1, 0.15) is 30.0 Å². The molecule has 42 heavy (non-hydrogen) atoms. The van der Waals surface area contributed by atoms with Crippen molar-refractivity contribution >= 4 is 23.5 Å². The maximum Gasteiger partial charge on any atom is 0.246 e. The Kier molecular flexibility index (Phi) is 11.0. The molecule has 2 fully saturated rings.